The summed E-state index contributed by atoms with van der Waals surface area (Å²) in [6.45, 7) is 1.62. The van der Waals surface area contributed by atoms with Gasteiger partial charge < -0.3 is 10.0 Å². The van der Waals surface area contributed by atoms with Crippen LogP contribution in [0.4, 0.5) is 5.69 Å². The number of carboxylic acid groups (broad SMARTS) is 1. The molecule has 0 spiro atoms. The highest BCUT2D eigenvalue weighted by atomic mass is 79.9. The molecule has 4 nitrogen and oxygen atoms in total. The van der Waals surface area contributed by atoms with Crippen molar-refractivity contribution in [3.8, 4) is 0 Å². The van der Waals surface area contributed by atoms with E-state index in [0.29, 0.717) is 12.8 Å². The van der Waals surface area contributed by atoms with Gasteiger partial charge in [0.2, 0.25) is 0 Å². The first-order valence-electron chi connectivity index (χ1n) is 8.45. The van der Waals surface area contributed by atoms with Crippen molar-refractivity contribution < 1.29 is 9.90 Å². The summed E-state index contributed by atoms with van der Waals surface area (Å²) in [5, 5.41) is 9.26. The van der Waals surface area contributed by atoms with Crippen LogP contribution in [0.2, 0.25) is 0 Å². The molecule has 1 unspecified atom stereocenters. The van der Waals surface area contributed by atoms with Gasteiger partial charge in [-0.15, -0.1) is 11.3 Å². The number of benzene rings is 1. The molecule has 2 heterocycles. The monoisotopic (exact) mass is 422 g/mol. The third-order valence-corrected chi connectivity index (χ3v) is 6.51. The van der Waals surface area contributed by atoms with Crippen LogP contribution in [0, 0.1) is 5.92 Å². The smallest absolute Gasteiger partial charge is 0.306 e. The average Bonchev–Trinajstić information content (AvgIpc) is 3.02. The van der Waals surface area contributed by atoms with Gasteiger partial charge in [-0.1, -0.05) is 12.1 Å². The molecule has 0 bridgehead atoms. The molecule has 134 valence electrons. The molecule has 25 heavy (non-hydrogen) atoms. The second kappa shape index (κ2) is 7.89. The van der Waals surface area contributed by atoms with Crippen LogP contribution in [-0.2, 0) is 4.79 Å². The van der Waals surface area contributed by atoms with Gasteiger partial charge >= 0.3 is 5.97 Å². The number of thiophene rings is 1. The van der Waals surface area contributed by atoms with Crippen molar-refractivity contribution in [1.29, 1.82) is 0 Å². The molecule has 1 fully saturated rings. The molecule has 1 aliphatic rings. The van der Waals surface area contributed by atoms with Crippen molar-refractivity contribution >= 4 is 38.9 Å². The molecule has 6 heteroatoms. The molecule has 1 atom stereocenters. The minimum absolute atomic E-state index is 0.183. The van der Waals surface area contributed by atoms with E-state index >= 15 is 0 Å². The molecule has 2 aromatic rings. The van der Waals surface area contributed by atoms with Crippen LogP contribution in [-0.4, -0.2) is 43.2 Å². The summed E-state index contributed by atoms with van der Waals surface area (Å²) >= 11 is 5.32. The molecule has 1 aromatic heterocycles. The fraction of sp³-hybridized carbons (Fsp3) is 0.421. The number of carbonyl (C=O) groups is 1. The largest absolute Gasteiger partial charge is 0.481 e. The highest BCUT2D eigenvalue weighted by Gasteiger charge is 2.30. The van der Waals surface area contributed by atoms with Crippen LogP contribution in [0.5, 0.6) is 0 Å². The summed E-state index contributed by atoms with van der Waals surface area (Å²) < 4.78 is 1.12. The number of anilines is 1. The fourth-order valence-electron chi connectivity index (χ4n) is 3.39. The fourth-order valence-corrected chi connectivity index (χ4v) is 4.98. The number of hydrogen-bond donors (Lipinski definition) is 1. The van der Waals surface area contributed by atoms with Crippen LogP contribution in [0.1, 0.15) is 29.3 Å². The Kier molecular flexibility index (Phi) is 5.81. The van der Waals surface area contributed by atoms with E-state index in [0.717, 1.165) is 16.9 Å². The molecule has 1 aliphatic heterocycles. The lowest BCUT2D eigenvalue weighted by Crippen LogP contribution is -2.39. The Bertz CT molecular complexity index is 721. The molecule has 1 N–H and O–H groups in total. The van der Waals surface area contributed by atoms with Crippen molar-refractivity contribution in [2.75, 3.05) is 32.1 Å². The number of aliphatic carboxylic acids is 1. The van der Waals surface area contributed by atoms with E-state index in [-0.39, 0.29) is 12.0 Å². The number of halogens is 1. The Morgan fingerprint density at radius 2 is 1.84 bits per heavy atom. The maximum Gasteiger partial charge on any atom is 0.306 e. The summed E-state index contributed by atoms with van der Waals surface area (Å²) in [6, 6.07) is 13.1. The molecule has 1 aromatic carbocycles. The van der Waals surface area contributed by atoms with E-state index in [4.69, 9.17) is 0 Å². The summed E-state index contributed by atoms with van der Waals surface area (Å²) in [5.41, 5.74) is 2.44. The summed E-state index contributed by atoms with van der Waals surface area (Å²) in [4.78, 5) is 17.1. The van der Waals surface area contributed by atoms with Crippen molar-refractivity contribution in [2.45, 2.75) is 18.9 Å². The lowest BCUT2D eigenvalue weighted by molar-refractivity contribution is -0.143. The number of piperidine rings is 1. The van der Waals surface area contributed by atoms with Gasteiger partial charge in [-0.2, -0.15) is 0 Å². The Morgan fingerprint density at radius 3 is 2.32 bits per heavy atom. The molecule has 0 aliphatic carbocycles. The number of hydrogen-bond acceptors (Lipinski definition) is 4. The molecular formula is C19H23BrN2O2S. The van der Waals surface area contributed by atoms with E-state index in [9.17, 15) is 9.90 Å². The molecule has 0 amide bonds. The van der Waals surface area contributed by atoms with Gasteiger partial charge in [0.15, 0.2) is 0 Å². The van der Waals surface area contributed by atoms with Crippen molar-refractivity contribution in [1.82, 2.24) is 4.90 Å². The van der Waals surface area contributed by atoms with Crippen LogP contribution < -0.4 is 4.90 Å². The number of rotatable bonds is 5. The summed E-state index contributed by atoms with van der Waals surface area (Å²) in [5.74, 6) is -0.867. The van der Waals surface area contributed by atoms with Gasteiger partial charge in [0.1, 0.15) is 0 Å². The third kappa shape index (κ3) is 4.25. The highest BCUT2D eigenvalue weighted by Crippen LogP contribution is 2.37. The lowest BCUT2D eigenvalue weighted by Gasteiger charge is -2.36. The molecule has 0 saturated carbocycles. The average molecular weight is 423 g/mol. The number of likely N-dealkylation sites (tertiary alicyclic amines) is 1. The summed E-state index contributed by atoms with van der Waals surface area (Å²) in [7, 11) is 4.08. The van der Waals surface area contributed by atoms with Crippen LogP contribution in [0.3, 0.4) is 0 Å². The molecule has 1 saturated heterocycles. The lowest BCUT2D eigenvalue weighted by atomic mass is 9.93. The second-order valence-electron chi connectivity index (χ2n) is 6.68. The molecule has 3 rings (SSSR count). The SMILES string of the molecule is CN(C)c1ccc(C(c2ccc(Br)s2)N2CCC(C(=O)O)CC2)cc1. The maximum absolute atomic E-state index is 11.2. The van der Waals surface area contributed by atoms with Crippen LogP contribution >= 0.6 is 27.3 Å². The second-order valence-corrected chi connectivity index (χ2v) is 9.17. The normalized spacial score (nSPS) is 17.4. The van der Waals surface area contributed by atoms with Crippen molar-refractivity contribution in [3.05, 3.63) is 50.6 Å². The third-order valence-electron chi connectivity index (χ3n) is 4.83. The Balaban J connectivity index is 1.87. The van der Waals surface area contributed by atoms with E-state index < -0.39 is 5.97 Å². The quantitative estimate of drug-likeness (QED) is 0.771. The van der Waals surface area contributed by atoms with Gasteiger partial charge in [0, 0.05) is 24.7 Å². The first-order chi connectivity index (χ1) is 12.0. The van der Waals surface area contributed by atoms with Gasteiger partial charge in [0.25, 0.3) is 0 Å². The Labute approximate surface area is 161 Å². The van der Waals surface area contributed by atoms with E-state index in [1.807, 2.05) is 14.1 Å². The minimum atomic E-state index is -0.662. The predicted molar refractivity (Wildman–Crippen MR) is 107 cm³/mol. The molecular weight excluding hydrogens is 400 g/mol. The predicted octanol–water partition coefficient (Wildman–Crippen LogP) is 4.46. The zero-order valence-corrected chi connectivity index (χ0v) is 16.9. The zero-order valence-electron chi connectivity index (χ0n) is 14.5. The number of nitrogens with zero attached hydrogens (tertiary/aromatic N) is 2. The van der Waals surface area contributed by atoms with E-state index in [1.54, 1.807) is 11.3 Å². The van der Waals surface area contributed by atoms with Crippen molar-refractivity contribution in [3.63, 3.8) is 0 Å². The first-order valence-corrected chi connectivity index (χ1v) is 10.1. The standard InChI is InChI=1S/C19H23BrN2O2S/c1-21(2)15-5-3-13(4-6-15)18(16-7-8-17(20)25-16)22-11-9-14(10-12-22)19(23)24/h3-8,14,18H,9-12H2,1-2H3,(H,23,24). The van der Waals surface area contributed by atoms with Crippen molar-refractivity contribution in [2.24, 2.45) is 5.92 Å². The van der Waals surface area contributed by atoms with Crippen LogP contribution in [0.25, 0.3) is 0 Å². The first kappa shape index (κ1) is 18.4. The van der Waals surface area contributed by atoms with Crippen LogP contribution in [0.15, 0.2) is 40.2 Å². The number of carboxylic acids is 1. The minimum Gasteiger partial charge on any atom is -0.481 e. The topological polar surface area (TPSA) is 43.8 Å². The van der Waals surface area contributed by atoms with Gasteiger partial charge in [-0.25, -0.2) is 0 Å². The van der Waals surface area contributed by atoms with E-state index in [2.05, 4.69) is 62.1 Å². The Morgan fingerprint density at radius 1 is 1.20 bits per heavy atom. The maximum atomic E-state index is 11.2. The molecule has 0 radical (unpaired) electrons. The Hall–Kier alpha value is -1.37. The summed E-state index contributed by atoms with van der Waals surface area (Å²) in [6.07, 6.45) is 1.43. The van der Waals surface area contributed by atoms with Gasteiger partial charge in [-0.05, 0) is 71.7 Å². The van der Waals surface area contributed by atoms with Gasteiger partial charge in [-0.3, -0.25) is 9.69 Å². The zero-order chi connectivity index (χ0) is 18.0. The van der Waals surface area contributed by atoms with Gasteiger partial charge in [0.05, 0.1) is 15.7 Å². The van der Waals surface area contributed by atoms with E-state index in [1.165, 1.54) is 16.1 Å². The highest BCUT2D eigenvalue weighted by molar-refractivity contribution is 9.11.